The van der Waals surface area contributed by atoms with Crippen LogP contribution in [0.4, 0.5) is 0 Å². The van der Waals surface area contributed by atoms with Crippen molar-refractivity contribution in [2.24, 2.45) is 11.3 Å². The Hall–Kier alpha value is -0.120. The van der Waals surface area contributed by atoms with E-state index in [1.807, 2.05) is 0 Å². The smallest absolute Gasteiger partial charge is 0.0848 e. The fraction of sp³-hybridized carbons (Fsp3) is 1.00. The molecule has 3 heteroatoms. The van der Waals surface area contributed by atoms with E-state index < -0.39 is 0 Å². The third kappa shape index (κ3) is 2.53. The molecule has 4 aliphatic rings. The van der Waals surface area contributed by atoms with Crippen molar-refractivity contribution in [1.82, 2.24) is 0 Å². The van der Waals surface area contributed by atoms with Gasteiger partial charge in [0.25, 0.3) is 0 Å². The molecule has 0 spiro atoms. The normalized spacial score (nSPS) is 51.0. The molecular formula is C17H28O3. The fourth-order valence-corrected chi connectivity index (χ4v) is 4.45. The second-order valence-corrected chi connectivity index (χ2v) is 7.61. The molecule has 0 aromatic heterocycles. The summed E-state index contributed by atoms with van der Waals surface area (Å²) < 4.78 is 17.7. The van der Waals surface area contributed by atoms with Gasteiger partial charge in [-0.3, -0.25) is 0 Å². The number of hydrogen-bond acceptors (Lipinski definition) is 3. The van der Waals surface area contributed by atoms with Crippen LogP contribution in [0.25, 0.3) is 0 Å². The molecule has 2 saturated heterocycles. The van der Waals surface area contributed by atoms with E-state index in [0.717, 1.165) is 6.61 Å². The third-order valence-electron chi connectivity index (χ3n) is 6.39. The van der Waals surface area contributed by atoms with Gasteiger partial charge in [-0.15, -0.1) is 0 Å². The second-order valence-electron chi connectivity index (χ2n) is 7.61. The van der Waals surface area contributed by atoms with Crippen LogP contribution in [0.5, 0.6) is 0 Å². The summed E-state index contributed by atoms with van der Waals surface area (Å²) in [5, 5.41) is 0. The number of rotatable bonds is 5. The zero-order valence-corrected chi connectivity index (χ0v) is 12.8. The summed E-state index contributed by atoms with van der Waals surface area (Å²) in [6.07, 6.45) is 11.4. The van der Waals surface area contributed by atoms with Gasteiger partial charge in [-0.25, -0.2) is 0 Å². The molecule has 0 aromatic carbocycles. The van der Waals surface area contributed by atoms with Gasteiger partial charge in [-0.2, -0.15) is 0 Å². The molecule has 7 unspecified atom stereocenters. The highest BCUT2D eigenvalue weighted by atomic mass is 16.6. The van der Waals surface area contributed by atoms with Crippen LogP contribution in [0, 0.1) is 11.3 Å². The summed E-state index contributed by atoms with van der Waals surface area (Å²) in [5.41, 5.74) is 0.388. The van der Waals surface area contributed by atoms with Gasteiger partial charge in [-0.05, 0) is 63.2 Å². The van der Waals surface area contributed by atoms with Gasteiger partial charge < -0.3 is 14.2 Å². The average molecular weight is 280 g/mol. The van der Waals surface area contributed by atoms with Crippen LogP contribution in [0.1, 0.15) is 58.8 Å². The quantitative estimate of drug-likeness (QED) is 0.725. The van der Waals surface area contributed by atoms with E-state index in [4.69, 9.17) is 14.2 Å². The van der Waals surface area contributed by atoms with E-state index in [-0.39, 0.29) is 0 Å². The lowest BCUT2D eigenvalue weighted by molar-refractivity contribution is -0.0454. The first-order valence-corrected chi connectivity index (χ1v) is 8.62. The highest BCUT2D eigenvalue weighted by Gasteiger charge is 2.50. The molecule has 2 heterocycles. The lowest BCUT2D eigenvalue weighted by atomic mass is 9.73. The van der Waals surface area contributed by atoms with E-state index >= 15 is 0 Å². The zero-order chi connectivity index (χ0) is 13.7. The van der Waals surface area contributed by atoms with Crippen LogP contribution in [-0.4, -0.2) is 37.1 Å². The third-order valence-corrected chi connectivity index (χ3v) is 6.39. The number of epoxide rings is 2. The molecular weight excluding hydrogens is 252 g/mol. The first kappa shape index (κ1) is 13.5. The predicted octanol–water partition coefficient (Wildman–Crippen LogP) is 3.31. The van der Waals surface area contributed by atoms with E-state index in [1.54, 1.807) is 0 Å². The molecule has 20 heavy (non-hydrogen) atoms. The Kier molecular flexibility index (Phi) is 3.36. The molecule has 0 N–H and O–H groups in total. The maximum Gasteiger partial charge on any atom is 0.0848 e. The molecule has 2 saturated carbocycles. The molecule has 7 atom stereocenters. The fourth-order valence-electron chi connectivity index (χ4n) is 4.45. The summed E-state index contributed by atoms with van der Waals surface area (Å²) in [4.78, 5) is 0. The average Bonchev–Trinajstić information content (AvgIpc) is 3.36. The van der Waals surface area contributed by atoms with E-state index in [0.29, 0.717) is 41.9 Å². The highest BCUT2D eigenvalue weighted by Crippen LogP contribution is 2.49. The molecule has 3 nitrogen and oxygen atoms in total. The SMILES string of the molecule is CCC1(COC(C)C2CCC3OC3C2)CCC2OC2C1. The number of hydrogen-bond donors (Lipinski definition) is 0. The van der Waals surface area contributed by atoms with Crippen molar-refractivity contribution in [3.05, 3.63) is 0 Å². The monoisotopic (exact) mass is 280 g/mol. The van der Waals surface area contributed by atoms with E-state index in [1.165, 1.54) is 44.9 Å². The van der Waals surface area contributed by atoms with Gasteiger partial charge in [0.2, 0.25) is 0 Å². The summed E-state index contributed by atoms with van der Waals surface area (Å²) in [6.45, 7) is 5.53. The molecule has 2 aliphatic heterocycles. The van der Waals surface area contributed by atoms with Gasteiger partial charge in [0, 0.05) is 0 Å². The largest absolute Gasteiger partial charge is 0.378 e. The van der Waals surface area contributed by atoms with Crippen molar-refractivity contribution >= 4 is 0 Å². The Bertz CT molecular complexity index is 371. The minimum absolute atomic E-state index is 0.388. The van der Waals surface area contributed by atoms with Crippen LogP contribution >= 0.6 is 0 Å². The number of fused-ring (bicyclic) bond motifs is 2. The summed E-state index contributed by atoms with van der Waals surface area (Å²) in [5.74, 6) is 0.709. The Balaban J connectivity index is 1.29. The molecule has 0 aromatic rings. The summed E-state index contributed by atoms with van der Waals surface area (Å²) >= 11 is 0. The topological polar surface area (TPSA) is 34.3 Å². The van der Waals surface area contributed by atoms with Gasteiger partial charge in [0.05, 0.1) is 37.1 Å². The first-order chi connectivity index (χ1) is 9.69. The van der Waals surface area contributed by atoms with Gasteiger partial charge in [0.15, 0.2) is 0 Å². The van der Waals surface area contributed by atoms with Gasteiger partial charge in [-0.1, -0.05) is 6.92 Å². The molecule has 2 aliphatic carbocycles. The van der Waals surface area contributed by atoms with Crippen LogP contribution in [-0.2, 0) is 14.2 Å². The van der Waals surface area contributed by atoms with Crippen molar-refractivity contribution in [2.45, 2.75) is 89.3 Å². The lowest BCUT2D eigenvalue weighted by Crippen LogP contribution is -2.35. The van der Waals surface area contributed by atoms with Crippen molar-refractivity contribution in [3.63, 3.8) is 0 Å². The van der Waals surface area contributed by atoms with E-state index in [9.17, 15) is 0 Å². The molecule has 0 amide bonds. The molecule has 4 fully saturated rings. The Labute approximate surface area is 122 Å². The van der Waals surface area contributed by atoms with Crippen LogP contribution in [0.15, 0.2) is 0 Å². The van der Waals surface area contributed by atoms with Crippen LogP contribution < -0.4 is 0 Å². The second kappa shape index (κ2) is 4.96. The Morgan fingerprint density at radius 1 is 1.10 bits per heavy atom. The molecule has 114 valence electrons. The molecule has 4 rings (SSSR count). The maximum atomic E-state index is 6.34. The molecule has 0 radical (unpaired) electrons. The van der Waals surface area contributed by atoms with Crippen LogP contribution in [0.2, 0.25) is 0 Å². The Morgan fingerprint density at radius 2 is 1.90 bits per heavy atom. The Morgan fingerprint density at radius 3 is 2.65 bits per heavy atom. The minimum atomic E-state index is 0.388. The lowest BCUT2D eigenvalue weighted by Gasteiger charge is -2.37. The minimum Gasteiger partial charge on any atom is -0.378 e. The highest BCUT2D eigenvalue weighted by molar-refractivity contribution is 4.99. The van der Waals surface area contributed by atoms with Crippen molar-refractivity contribution in [2.75, 3.05) is 6.61 Å². The predicted molar refractivity (Wildman–Crippen MR) is 76.7 cm³/mol. The van der Waals surface area contributed by atoms with Gasteiger partial charge >= 0.3 is 0 Å². The first-order valence-electron chi connectivity index (χ1n) is 8.62. The van der Waals surface area contributed by atoms with Crippen LogP contribution in [0.3, 0.4) is 0 Å². The van der Waals surface area contributed by atoms with Crippen molar-refractivity contribution < 1.29 is 14.2 Å². The molecule has 0 bridgehead atoms. The van der Waals surface area contributed by atoms with Crippen molar-refractivity contribution in [3.8, 4) is 0 Å². The number of ether oxygens (including phenoxy) is 3. The maximum absolute atomic E-state index is 6.34. The summed E-state index contributed by atoms with van der Waals surface area (Å²) in [6, 6.07) is 0. The van der Waals surface area contributed by atoms with Crippen molar-refractivity contribution in [1.29, 1.82) is 0 Å². The summed E-state index contributed by atoms with van der Waals surface area (Å²) in [7, 11) is 0. The standard InChI is InChI=1S/C17H28O3/c1-3-17(7-6-14-16(9-17)20-14)10-18-11(2)12-4-5-13-15(8-12)19-13/h11-16H,3-10H2,1-2H3. The van der Waals surface area contributed by atoms with E-state index in [2.05, 4.69) is 13.8 Å². The zero-order valence-electron chi connectivity index (χ0n) is 12.8. The van der Waals surface area contributed by atoms with Gasteiger partial charge in [0.1, 0.15) is 0 Å².